The molecular weight excluding hydrogens is 310 g/mol. The SMILES string of the molecule is CCC(CC)[C@@H](CNC(=O)CCc1cscn1)N1CCOCC1. The first kappa shape index (κ1) is 18.4. The molecular formula is C17H29N3O2S. The third-order valence-electron chi connectivity index (χ3n) is 4.71. The summed E-state index contributed by atoms with van der Waals surface area (Å²) >= 11 is 1.58. The highest BCUT2D eigenvalue weighted by Crippen LogP contribution is 2.19. The number of hydrogen-bond acceptors (Lipinski definition) is 5. The summed E-state index contributed by atoms with van der Waals surface area (Å²) in [6.07, 6.45) is 3.53. The maximum absolute atomic E-state index is 12.1. The van der Waals surface area contributed by atoms with Gasteiger partial charge in [0.2, 0.25) is 5.91 Å². The molecule has 0 saturated carbocycles. The summed E-state index contributed by atoms with van der Waals surface area (Å²) in [5.74, 6) is 0.745. The van der Waals surface area contributed by atoms with Crippen LogP contribution in [-0.4, -0.2) is 54.7 Å². The molecule has 1 aromatic heterocycles. The van der Waals surface area contributed by atoms with Crippen LogP contribution in [0.3, 0.4) is 0 Å². The Morgan fingerprint density at radius 3 is 2.74 bits per heavy atom. The van der Waals surface area contributed by atoms with E-state index in [0.29, 0.717) is 18.4 Å². The molecule has 0 spiro atoms. The zero-order chi connectivity index (χ0) is 16.5. The Balaban J connectivity index is 1.82. The second-order valence-electron chi connectivity index (χ2n) is 6.08. The van der Waals surface area contributed by atoms with Crippen LogP contribution < -0.4 is 5.32 Å². The summed E-state index contributed by atoms with van der Waals surface area (Å²) in [7, 11) is 0. The van der Waals surface area contributed by atoms with Gasteiger partial charge in [0.25, 0.3) is 0 Å². The summed E-state index contributed by atoms with van der Waals surface area (Å²) in [4.78, 5) is 18.9. The van der Waals surface area contributed by atoms with E-state index in [0.717, 1.165) is 57.8 Å². The van der Waals surface area contributed by atoms with Crippen molar-refractivity contribution in [2.75, 3.05) is 32.8 Å². The Bertz CT molecular complexity index is 443. The summed E-state index contributed by atoms with van der Waals surface area (Å²) < 4.78 is 5.47. The summed E-state index contributed by atoms with van der Waals surface area (Å²) in [6, 6.07) is 0.414. The van der Waals surface area contributed by atoms with Crippen molar-refractivity contribution in [2.24, 2.45) is 5.92 Å². The topological polar surface area (TPSA) is 54.5 Å². The molecule has 1 fully saturated rings. The lowest BCUT2D eigenvalue weighted by Gasteiger charge is -2.38. The Morgan fingerprint density at radius 2 is 2.13 bits per heavy atom. The average molecular weight is 340 g/mol. The first-order valence-electron chi connectivity index (χ1n) is 8.70. The zero-order valence-corrected chi connectivity index (χ0v) is 15.1. The van der Waals surface area contributed by atoms with Crippen molar-refractivity contribution in [2.45, 2.75) is 45.6 Å². The lowest BCUT2D eigenvalue weighted by molar-refractivity contribution is -0.121. The standard InChI is InChI=1S/C17H29N3O2S/c1-3-14(4-2)16(20-7-9-22-10-8-20)11-18-17(21)6-5-15-12-23-13-19-15/h12-14,16H,3-11H2,1-2H3,(H,18,21)/t16-/m1/s1. The van der Waals surface area contributed by atoms with E-state index in [1.54, 1.807) is 11.3 Å². The Labute approximate surface area is 143 Å². The summed E-state index contributed by atoms with van der Waals surface area (Å²) in [5, 5.41) is 5.15. The molecule has 0 unspecified atom stereocenters. The van der Waals surface area contributed by atoms with E-state index >= 15 is 0 Å². The summed E-state index contributed by atoms with van der Waals surface area (Å²) in [5.41, 5.74) is 2.82. The lowest BCUT2D eigenvalue weighted by Crippen LogP contribution is -2.52. The predicted molar refractivity (Wildman–Crippen MR) is 93.7 cm³/mol. The molecule has 0 aliphatic carbocycles. The number of carbonyl (C=O) groups excluding carboxylic acids is 1. The van der Waals surface area contributed by atoms with Gasteiger partial charge in [0, 0.05) is 37.5 Å². The maximum Gasteiger partial charge on any atom is 0.220 e. The van der Waals surface area contributed by atoms with Gasteiger partial charge >= 0.3 is 0 Å². The molecule has 2 heterocycles. The van der Waals surface area contributed by atoms with E-state index in [2.05, 4.69) is 29.0 Å². The number of aryl methyl sites for hydroxylation is 1. The normalized spacial score (nSPS) is 17.3. The van der Waals surface area contributed by atoms with Gasteiger partial charge in [-0.25, -0.2) is 4.98 Å². The molecule has 1 saturated heterocycles. The number of ether oxygens (including phenoxy) is 1. The first-order chi connectivity index (χ1) is 11.2. The van der Waals surface area contributed by atoms with E-state index in [4.69, 9.17) is 4.74 Å². The number of nitrogens with zero attached hydrogens (tertiary/aromatic N) is 2. The highest BCUT2D eigenvalue weighted by atomic mass is 32.1. The fraction of sp³-hybridized carbons (Fsp3) is 0.765. The maximum atomic E-state index is 12.1. The van der Waals surface area contributed by atoms with Crippen LogP contribution in [0.1, 0.15) is 38.8 Å². The molecule has 1 atom stereocenters. The second kappa shape index (κ2) is 10.0. The van der Waals surface area contributed by atoms with Gasteiger partial charge in [-0.2, -0.15) is 0 Å². The minimum absolute atomic E-state index is 0.127. The molecule has 130 valence electrons. The number of nitrogens with one attached hydrogen (secondary N) is 1. The van der Waals surface area contributed by atoms with E-state index in [9.17, 15) is 4.79 Å². The molecule has 1 aliphatic heterocycles. The molecule has 5 nitrogen and oxygen atoms in total. The van der Waals surface area contributed by atoms with Gasteiger partial charge in [0.1, 0.15) is 0 Å². The molecule has 1 N–H and O–H groups in total. The zero-order valence-electron chi connectivity index (χ0n) is 14.3. The molecule has 0 aromatic carbocycles. The van der Waals surface area contributed by atoms with Crippen molar-refractivity contribution in [1.82, 2.24) is 15.2 Å². The average Bonchev–Trinajstić information content (AvgIpc) is 3.11. The van der Waals surface area contributed by atoms with Gasteiger partial charge in [-0.1, -0.05) is 26.7 Å². The van der Waals surface area contributed by atoms with Gasteiger partial charge in [0.15, 0.2) is 0 Å². The number of amides is 1. The van der Waals surface area contributed by atoms with E-state index in [1.807, 2.05) is 10.9 Å². The van der Waals surface area contributed by atoms with E-state index in [1.165, 1.54) is 0 Å². The van der Waals surface area contributed by atoms with Crippen molar-refractivity contribution in [1.29, 1.82) is 0 Å². The highest BCUT2D eigenvalue weighted by Gasteiger charge is 2.27. The Kier molecular flexibility index (Phi) is 7.99. The predicted octanol–water partition coefficient (Wildman–Crippen LogP) is 2.33. The Hall–Kier alpha value is -0.980. The molecule has 2 rings (SSSR count). The van der Waals surface area contributed by atoms with Gasteiger partial charge in [-0.05, 0) is 12.3 Å². The molecule has 6 heteroatoms. The minimum atomic E-state index is 0.127. The third-order valence-corrected chi connectivity index (χ3v) is 5.34. The molecule has 0 radical (unpaired) electrons. The molecule has 1 amide bonds. The number of hydrogen-bond donors (Lipinski definition) is 1. The molecule has 1 aliphatic rings. The van der Waals surface area contributed by atoms with Crippen molar-refractivity contribution in [3.8, 4) is 0 Å². The van der Waals surface area contributed by atoms with Crippen LogP contribution in [0.4, 0.5) is 0 Å². The van der Waals surface area contributed by atoms with Crippen LogP contribution in [0.5, 0.6) is 0 Å². The molecule has 23 heavy (non-hydrogen) atoms. The minimum Gasteiger partial charge on any atom is -0.379 e. The molecule has 1 aromatic rings. The second-order valence-corrected chi connectivity index (χ2v) is 6.79. The van der Waals surface area contributed by atoms with Gasteiger partial charge < -0.3 is 10.1 Å². The van der Waals surface area contributed by atoms with Crippen LogP contribution in [0.15, 0.2) is 10.9 Å². The van der Waals surface area contributed by atoms with Crippen molar-refractivity contribution in [3.63, 3.8) is 0 Å². The van der Waals surface area contributed by atoms with Crippen molar-refractivity contribution >= 4 is 17.2 Å². The Morgan fingerprint density at radius 1 is 1.39 bits per heavy atom. The van der Waals surface area contributed by atoms with Gasteiger partial charge in [-0.3, -0.25) is 9.69 Å². The number of thiazole rings is 1. The fourth-order valence-corrected chi connectivity index (χ4v) is 3.84. The van der Waals surface area contributed by atoms with Gasteiger partial charge in [0.05, 0.1) is 24.4 Å². The van der Waals surface area contributed by atoms with Crippen LogP contribution in [0.25, 0.3) is 0 Å². The van der Waals surface area contributed by atoms with E-state index < -0.39 is 0 Å². The fourth-order valence-electron chi connectivity index (χ4n) is 3.25. The monoisotopic (exact) mass is 339 g/mol. The first-order valence-corrected chi connectivity index (χ1v) is 9.64. The molecule has 0 bridgehead atoms. The van der Waals surface area contributed by atoms with Crippen molar-refractivity contribution in [3.05, 3.63) is 16.6 Å². The quantitative estimate of drug-likeness (QED) is 0.750. The van der Waals surface area contributed by atoms with Crippen molar-refractivity contribution < 1.29 is 9.53 Å². The van der Waals surface area contributed by atoms with Crippen LogP contribution in [-0.2, 0) is 16.0 Å². The number of aromatic nitrogens is 1. The van der Waals surface area contributed by atoms with E-state index in [-0.39, 0.29) is 5.91 Å². The highest BCUT2D eigenvalue weighted by molar-refractivity contribution is 7.07. The third kappa shape index (κ3) is 5.86. The van der Waals surface area contributed by atoms with Gasteiger partial charge in [-0.15, -0.1) is 11.3 Å². The lowest BCUT2D eigenvalue weighted by atomic mass is 9.92. The number of carbonyl (C=O) groups is 1. The number of morpholine rings is 1. The van der Waals surface area contributed by atoms with Crippen LogP contribution >= 0.6 is 11.3 Å². The van der Waals surface area contributed by atoms with Crippen LogP contribution in [0, 0.1) is 5.92 Å². The van der Waals surface area contributed by atoms with Crippen LogP contribution in [0.2, 0.25) is 0 Å². The largest absolute Gasteiger partial charge is 0.379 e. The summed E-state index contributed by atoms with van der Waals surface area (Å²) in [6.45, 7) is 8.76. The number of rotatable bonds is 9. The smallest absolute Gasteiger partial charge is 0.220 e.